The second-order valence-electron chi connectivity index (χ2n) is 7.55. The molecule has 3 amide bonds. The summed E-state index contributed by atoms with van der Waals surface area (Å²) in [4.78, 5) is 38.9. The van der Waals surface area contributed by atoms with Crippen LogP contribution >= 0.6 is 0 Å². The molecule has 0 aromatic heterocycles. The van der Waals surface area contributed by atoms with Gasteiger partial charge in [-0.1, -0.05) is 42.5 Å². The molecule has 0 radical (unpaired) electrons. The van der Waals surface area contributed by atoms with E-state index in [0.717, 1.165) is 22.4 Å². The average Bonchev–Trinajstić information content (AvgIpc) is 3.11. The molecule has 0 bridgehead atoms. The minimum Gasteiger partial charge on any atom is -0.347 e. The van der Waals surface area contributed by atoms with E-state index in [2.05, 4.69) is 10.6 Å². The number of rotatable bonds is 6. The molecule has 2 atom stereocenters. The van der Waals surface area contributed by atoms with Crippen molar-refractivity contribution in [1.82, 2.24) is 10.2 Å². The molecule has 29 heavy (non-hydrogen) atoms. The lowest BCUT2D eigenvalue weighted by Gasteiger charge is -2.25. The second-order valence-corrected chi connectivity index (χ2v) is 7.55. The first-order chi connectivity index (χ1) is 13.9. The van der Waals surface area contributed by atoms with Gasteiger partial charge in [0.25, 0.3) is 0 Å². The van der Waals surface area contributed by atoms with Gasteiger partial charge >= 0.3 is 0 Å². The first-order valence-corrected chi connectivity index (χ1v) is 9.85. The molecule has 2 aromatic carbocycles. The van der Waals surface area contributed by atoms with Crippen molar-refractivity contribution in [2.75, 3.05) is 18.4 Å². The molecule has 6 heteroatoms. The van der Waals surface area contributed by atoms with Gasteiger partial charge in [0.05, 0.1) is 18.5 Å². The number of nitrogens with one attached hydrogen (secondary N) is 2. The molecule has 0 spiro atoms. The van der Waals surface area contributed by atoms with Crippen molar-refractivity contribution in [1.29, 1.82) is 0 Å². The zero-order valence-electron chi connectivity index (χ0n) is 17.1. The van der Waals surface area contributed by atoms with Crippen molar-refractivity contribution in [3.8, 4) is 0 Å². The van der Waals surface area contributed by atoms with Gasteiger partial charge in [-0.15, -0.1) is 0 Å². The number of anilines is 1. The molecule has 0 saturated carbocycles. The summed E-state index contributed by atoms with van der Waals surface area (Å²) in [7, 11) is 0. The molecule has 152 valence electrons. The monoisotopic (exact) mass is 393 g/mol. The molecule has 1 fully saturated rings. The van der Waals surface area contributed by atoms with Gasteiger partial charge in [-0.3, -0.25) is 14.4 Å². The standard InChI is InChI=1S/C23H27N3O3/c1-15-8-7-11-20(16(15)2)25-21(27)13-24-23(29)19-12-22(28)26(14-19)17(3)18-9-5-4-6-10-18/h4-11,17,19H,12-14H2,1-3H3,(H,24,29)(H,25,27)/t17-,19-/m1/s1. The van der Waals surface area contributed by atoms with Crippen LogP contribution in [0.4, 0.5) is 5.69 Å². The van der Waals surface area contributed by atoms with E-state index in [9.17, 15) is 14.4 Å². The summed E-state index contributed by atoms with van der Waals surface area (Å²) in [6.45, 7) is 6.12. The van der Waals surface area contributed by atoms with Gasteiger partial charge < -0.3 is 15.5 Å². The number of carbonyl (C=O) groups excluding carboxylic acids is 3. The quantitative estimate of drug-likeness (QED) is 0.792. The van der Waals surface area contributed by atoms with Gasteiger partial charge in [-0.2, -0.15) is 0 Å². The third-order valence-corrected chi connectivity index (χ3v) is 5.58. The topological polar surface area (TPSA) is 78.5 Å². The minimum atomic E-state index is -0.442. The van der Waals surface area contributed by atoms with Crippen LogP contribution in [-0.4, -0.2) is 35.7 Å². The summed E-state index contributed by atoms with van der Waals surface area (Å²) < 4.78 is 0. The molecule has 0 aliphatic carbocycles. The van der Waals surface area contributed by atoms with Crippen LogP contribution in [0.5, 0.6) is 0 Å². The number of nitrogens with zero attached hydrogens (tertiary/aromatic N) is 1. The Balaban J connectivity index is 1.53. The van der Waals surface area contributed by atoms with Crippen molar-refractivity contribution in [3.05, 3.63) is 65.2 Å². The lowest BCUT2D eigenvalue weighted by molar-refractivity contribution is -0.130. The predicted octanol–water partition coefficient (Wildman–Crippen LogP) is 2.97. The largest absolute Gasteiger partial charge is 0.347 e. The van der Waals surface area contributed by atoms with Crippen LogP contribution in [0.2, 0.25) is 0 Å². The Kier molecular flexibility index (Phi) is 6.32. The van der Waals surface area contributed by atoms with Gasteiger partial charge in [-0.25, -0.2) is 0 Å². The molecule has 6 nitrogen and oxygen atoms in total. The second kappa shape index (κ2) is 8.90. The van der Waals surface area contributed by atoms with Crippen molar-refractivity contribution >= 4 is 23.4 Å². The molecule has 1 saturated heterocycles. The van der Waals surface area contributed by atoms with Crippen molar-refractivity contribution < 1.29 is 14.4 Å². The Bertz CT molecular complexity index is 911. The summed E-state index contributed by atoms with van der Waals surface area (Å²) >= 11 is 0. The molecule has 1 aliphatic rings. The zero-order valence-corrected chi connectivity index (χ0v) is 17.1. The van der Waals surface area contributed by atoms with E-state index in [4.69, 9.17) is 0 Å². The third-order valence-electron chi connectivity index (χ3n) is 5.58. The van der Waals surface area contributed by atoms with Crippen LogP contribution in [-0.2, 0) is 14.4 Å². The van der Waals surface area contributed by atoms with Crippen molar-refractivity contribution in [2.24, 2.45) is 5.92 Å². The fourth-order valence-electron chi connectivity index (χ4n) is 3.59. The average molecular weight is 393 g/mol. The summed E-state index contributed by atoms with van der Waals surface area (Å²) in [5.74, 6) is -1.04. The van der Waals surface area contributed by atoms with E-state index in [-0.39, 0.29) is 36.7 Å². The molecule has 3 rings (SSSR count). The first kappa shape index (κ1) is 20.6. The summed E-state index contributed by atoms with van der Waals surface area (Å²) in [6, 6.07) is 15.4. The maximum Gasteiger partial charge on any atom is 0.243 e. The number of carbonyl (C=O) groups is 3. The van der Waals surface area contributed by atoms with Gasteiger partial charge in [0.2, 0.25) is 17.7 Å². The SMILES string of the molecule is Cc1cccc(NC(=O)CNC(=O)[C@@H]2CC(=O)N([C@H](C)c3ccccc3)C2)c1C. The predicted molar refractivity (Wildman–Crippen MR) is 112 cm³/mol. The van der Waals surface area contributed by atoms with Gasteiger partial charge in [0.15, 0.2) is 0 Å². The highest BCUT2D eigenvalue weighted by Gasteiger charge is 2.37. The third kappa shape index (κ3) is 4.83. The molecule has 1 aliphatic heterocycles. The first-order valence-electron chi connectivity index (χ1n) is 9.85. The highest BCUT2D eigenvalue weighted by Crippen LogP contribution is 2.28. The van der Waals surface area contributed by atoms with Gasteiger partial charge in [0, 0.05) is 18.7 Å². The number of aryl methyl sites for hydroxylation is 1. The molecule has 1 heterocycles. The van der Waals surface area contributed by atoms with Crippen molar-refractivity contribution in [3.63, 3.8) is 0 Å². The lowest BCUT2D eigenvalue weighted by atomic mass is 10.1. The lowest BCUT2D eigenvalue weighted by Crippen LogP contribution is -2.38. The van der Waals surface area contributed by atoms with E-state index in [1.807, 2.05) is 69.3 Å². The van der Waals surface area contributed by atoms with Crippen LogP contribution in [0.3, 0.4) is 0 Å². The molecule has 2 aromatic rings. The van der Waals surface area contributed by atoms with Crippen molar-refractivity contribution in [2.45, 2.75) is 33.2 Å². The number of hydrogen-bond donors (Lipinski definition) is 2. The van der Waals surface area contributed by atoms with Crippen LogP contribution in [0, 0.1) is 19.8 Å². The summed E-state index contributed by atoms with van der Waals surface area (Å²) in [6.07, 6.45) is 0.168. The Morgan fingerprint density at radius 2 is 1.83 bits per heavy atom. The number of amides is 3. The number of hydrogen-bond acceptors (Lipinski definition) is 3. The van der Waals surface area contributed by atoms with Gasteiger partial charge in [-0.05, 0) is 43.5 Å². The maximum atomic E-state index is 12.5. The van der Waals surface area contributed by atoms with E-state index in [1.165, 1.54) is 0 Å². The highest BCUT2D eigenvalue weighted by molar-refractivity contribution is 5.96. The fourth-order valence-corrected chi connectivity index (χ4v) is 3.59. The Morgan fingerprint density at radius 3 is 2.55 bits per heavy atom. The maximum absolute atomic E-state index is 12.5. The number of likely N-dealkylation sites (tertiary alicyclic amines) is 1. The molecule has 2 N–H and O–H groups in total. The zero-order chi connectivity index (χ0) is 21.0. The van der Waals surface area contributed by atoms with Crippen LogP contribution in [0.1, 0.15) is 36.1 Å². The van der Waals surface area contributed by atoms with E-state index in [1.54, 1.807) is 4.90 Å². The molecular weight excluding hydrogens is 366 g/mol. The highest BCUT2D eigenvalue weighted by atomic mass is 16.2. The van der Waals surface area contributed by atoms with Gasteiger partial charge in [0.1, 0.15) is 0 Å². The van der Waals surface area contributed by atoms with Crippen LogP contribution < -0.4 is 10.6 Å². The molecule has 0 unspecified atom stereocenters. The fraction of sp³-hybridized carbons (Fsp3) is 0.348. The Labute approximate surface area is 171 Å². The smallest absolute Gasteiger partial charge is 0.243 e. The van der Waals surface area contributed by atoms with Crippen LogP contribution in [0.15, 0.2) is 48.5 Å². The van der Waals surface area contributed by atoms with E-state index in [0.29, 0.717) is 6.54 Å². The Hall–Kier alpha value is -3.15. The summed E-state index contributed by atoms with van der Waals surface area (Å²) in [5.41, 5.74) is 3.86. The van der Waals surface area contributed by atoms with E-state index < -0.39 is 5.92 Å². The minimum absolute atomic E-state index is 0.0404. The number of benzene rings is 2. The van der Waals surface area contributed by atoms with E-state index >= 15 is 0 Å². The normalized spacial score (nSPS) is 17.1. The summed E-state index contributed by atoms with van der Waals surface area (Å²) in [5, 5.41) is 5.49. The Morgan fingerprint density at radius 1 is 1.10 bits per heavy atom. The van der Waals surface area contributed by atoms with Crippen LogP contribution in [0.25, 0.3) is 0 Å². The molecular formula is C23H27N3O3.